The summed E-state index contributed by atoms with van der Waals surface area (Å²) in [6.45, 7) is 0. The minimum atomic E-state index is -0.587. The molecule has 0 saturated heterocycles. The van der Waals surface area contributed by atoms with E-state index in [0.29, 0.717) is 16.3 Å². The highest BCUT2D eigenvalue weighted by molar-refractivity contribution is 6.30. The van der Waals surface area contributed by atoms with Crippen molar-refractivity contribution in [2.45, 2.75) is 0 Å². The Hall–Kier alpha value is -2.00. The molecular formula is C13H9ClO3. The van der Waals surface area contributed by atoms with Gasteiger partial charge in [-0.2, -0.15) is 0 Å². The summed E-state index contributed by atoms with van der Waals surface area (Å²) >= 11 is 5.76. The molecule has 17 heavy (non-hydrogen) atoms. The Balaban J connectivity index is 1.98. The van der Waals surface area contributed by atoms with Crippen LogP contribution < -0.4 is 4.89 Å². The zero-order chi connectivity index (χ0) is 12.1. The van der Waals surface area contributed by atoms with E-state index in [9.17, 15) is 4.79 Å². The molecule has 0 aliphatic rings. The predicted octanol–water partition coefficient (Wildman–Crippen LogP) is 3.49. The van der Waals surface area contributed by atoms with Gasteiger partial charge in [0.25, 0.3) is 0 Å². The fourth-order valence-electron chi connectivity index (χ4n) is 1.23. The molecule has 0 atom stereocenters. The largest absolute Gasteiger partial charge is 0.386 e. The fourth-order valence-corrected chi connectivity index (χ4v) is 1.42. The smallest absolute Gasteiger partial charge is 0.287 e. The minimum Gasteiger partial charge on any atom is -0.287 e. The highest BCUT2D eigenvalue weighted by atomic mass is 35.5. The van der Waals surface area contributed by atoms with Gasteiger partial charge in [0, 0.05) is 5.02 Å². The summed E-state index contributed by atoms with van der Waals surface area (Å²) in [5.74, 6) is -0.126. The van der Waals surface area contributed by atoms with E-state index in [4.69, 9.17) is 16.5 Å². The average molecular weight is 249 g/mol. The van der Waals surface area contributed by atoms with Gasteiger partial charge < -0.3 is 0 Å². The third-order valence-electron chi connectivity index (χ3n) is 2.02. The fraction of sp³-hybridized carbons (Fsp3) is 0. The lowest BCUT2D eigenvalue weighted by atomic mass is 10.2. The maximum Gasteiger partial charge on any atom is 0.386 e. The summed E-state index contributed by atoms with van der Waals surface area (Å²) < 4.78 is 0. The standard InChI is InChI=1S/C13H9ClO3/c14-11-6-4-5-10(9-11)13(15)17-16-12-7-2-1-3-8-12/h1-9H. The summed E-state index contributed by atoms with van der Waals surface area (Å²) in [6, 6.07) is 15.2. The number of benzene rings is 2. The van der Waals surface area contributed by atoms with E-state index in [1.165, 1.54) is 6.07 Å². The van der Waals surface area contributed by atoms with Crippen molar-refractivity contribution in [3.05, 3.63) is 65.2 Å². The van der Waals surface area contributed by atoms with Crippen molar-refractivity contribution in [3.8, 4) is 5.75 Å². The Labute approximate surface area is 103 Å². The molecule has 0 amide bonds. The van der Waals surface area contributed by atoms with Gasteiger partial charge in [0.15, 0.2) is 5.75 Å². The van der Waals surface area contributed by atoms with Crippen LogP contribution in [0.25, 0.3) is 0 Å². The lowest BCUT2D eigenvalue weighted by Crippen LogP contribution is -2.08. The second kappa shape index (κ2) is 5.37. The van der Waals surface area contributed by atoms with Gasteiger partial charge in [-0.15, -0.1) is 0 Å². The van der Waals surface area contributed by atoms with Gasteiger partial charge in [0.1, 0.15) is 0 Å². The van der Waals surface area contributed by atoms with E-state index >= 15 is 0 Å². The van der Waals surface area contributed by atoms with Gasteiger partial charge in [0.2, 0.25) is 0 Å². The molecule has 0 saturated carbocycles. The van der Waals surface area contributed by atoms with Crippen molar-refractivity contribution < 1.29 is 14.6 Å². The highest BCUT2D eigenvalue weighted by Gasteiger charge is 2.09. The zero-order valence-corrected chi connectivity index (χ0v) is 9.55. The van der Waals surface area contributed by atoms with E-state index in [2.05, 4.69) is 4.89 Å². The monoisotopic (exact) mass is 248 g/mol. The van der Waals surface area contributed by atoms with Crippen molar-refractivity contribution in [2.24, 2.45) is 0 Å². The zero-order valence-electron chi connectivity index (χ0n) is 8.80. The van der Waals surface area contributed by atoms with Gasteiger partial charge in [-0.3, -0.25) is 4.89 Å². The summed E-state index contributed by atoms with van der Waals surface area (Å²) in [7, 11) is 0. The summed E-state index contributed by atoms with van der Waals surface area (Å²) in [6.07, 6.45) is 0. The Morgan fingerprint density at radius 2 is 1.76 bits per heavy atom. The van der Waals surface area contributed by atoms with Crippen LogP contribution >= 0.6 is 11.6 Å². The van der Waals surface area contributed by atoms with Crippen molar-refractivity contribution in [3.63, 3.8) is 0 Å². The summed E-state index contributed by atoms with van der Waals surface area (Å²) in [5, 5.41) is 0.471. The number of para-hydroxylation sites is 1. The number of halogens is 1. The average Bonchev–Trinajstić information content (AvgIpc) is 2.37. The van der Waals surface area contributed by atoms with E-state index in [1.807, 2.05) is 6.07 Å². The first-order valence-electron chi connectivity index (χ1n) is 4.95. The molecule has 0 unspecified atom stereocenters. The molecule has 2 aromatic rings. The molecule has 0 spiro atoms. The first-order chi connectivity index (χ1) is 8.25. The molecule has 4 heteroatoms. The molecule has 0 bridgehead atoms. The Kier molecular flexibility index (Phi) is 3.62. The van der Waals surface area contributed by atoms with Crippen molar-refractivity contribution in [1.29, 1.82) is 0 Å². The van der Waals surface area contributed by atoms with Crippen LogP contribution in [0.3, 0.4) is 0 Å². The van der Waals surface area contributed by atoms with Crippen molar-refractivity contribution in [1.82, 2.24) is 0 Å². The first kappa shape index (κ1) is 11.5. The van der Waals surface area contributed by atoms with Gasteiger partial charge in [-0.25, -0.2) is 9.68 Å². The normalized spacial score (nSPS) is 9.71. The highest BCUT2D eigenvalue weighted by Crippen LogP contribution is 2.13. The molecule has 2 rings (SSSR count). The number of hydrogen-bond donors (Lipinski definition) is 0. The Morgan fingerprint density at radius 1 is 1.00 bits per heavy atom. The van der Waals surface area contributed by atoms with Crippen molar-refractivity contribution >= 4 is 17.6 Å². The Morgan fingerprint density at radius 3 is 2.47 bits per heavy atom. The SMILES string of the molecule is O=C(OOc1ccccc1)c1cccc(Cl)c1. The molecule has 0 fully saturated rings. The number of rotatable bonds is 3. The molecule has 0 aliphatic heterocycles. The number of hydrogen-bond acceptors (Lipinski definition) is 3. The number of carbonyl (C=O) groups excluding carboxylic acids is 1. The van der Waals surface area contributed by atoms with Crippen LogP contribution in [0.15, 0.2) is 54.6 Å². The third kappa shape index (κ3) is 3.23. The molecule has 0 aliphatic carbocycles. The minimum absolute atomic E-state index is 0.341. The van der Waals surface area contributed by atoms with Gasteiger partial charge in [-0.05, 0) is 30.3 Å². The first-order valence-corrected chi connectivity index (χ1v) is 5.33. The van der Waals surface area contributed by atoms with Crippen LogP contribution in [-0.4, -0.2) is 5.97 Å². The second-order valence-corrected chi connectivity index (χ2v) is 3.71. The van der Waals surface area contributed by atoms with Crippen molar-refractivity contribution in [2.75, 3.05) is 0 Å². The van der Waals surface area contributed by atoms with Crippen LogP contribution in [0.1, 0.15) is 10.4 Å². The van der Waals surface area contributed by atoms with E-state index in [0.717, 1.165) is 0 Å². The predicted molar refractivity (Wildman–Crippen MR) is 63.9 cm³/mol. The van der Waals surface area contributed by atoms with Crippen LogP contribution in [0.4, 0.5) is 0 Å². The van der Waals surface area contributed by atoms with Crippen LogP contribution in [0.5, 0.6) is 5.75 Å². The molecule has 0 radical (unpaired) electrons. The summed E-state index contributed by atoms with van der Waals surface area (Å²) in [5.41, 5.74) is 0.341. The topological polar surface area (TPSA) is 35.5 Å². The summed E-state index contributed by atoms with van der Waals surface area (Å²) in [4.78, 5) is 21.1. The van der Waals surface area contributed by atoms with Gasteiger partial charge in [-0.1, -0.05) is 35.9 Å². The van der Waals surface area contributed by atoms with E-state index < -0.39 is 5.97 Å². The van der Waals surface area contributed by atoms with Crippen LogP contribution in [0.2, 0.25) is 5.02 Å². The quantitative estimate of drug-likeness (QED) is 0.616. The van der Waals surface area contributed by atoms with Gasteiger partial charge in [0.05, 0.1) is 5.56 Å². The molecule has 3 nitrogen and oxygen atoms in total. The lowest BCUT2D eigenvalue weighted by Gasteiger charge is -2.04. The van der Waals surface area contributed by atoms with Crippen LogP contribution in [0, 0.1) is 0 Å². The second-order valence-electron chi connectivity index (χ2n) is 3.28. The maximum absolute atomic E-state index is 11.6. The molecular weight excluding hydrogens is 240 g/mol. The molecule has 2 aromatic carbocycles. The maximum atomic E-state index is 11.6. The molecule has 0 N–H and O–H groups in total. The number of carbonyl (C=O) groups is 1. The molecule has 0 heterocycles. The Bertz CT molecular complexity index is 511. The van der Waals surface area contributed by atoms with Gasteiger partial charge >= 0.3 is 5.97 Å². The van der Waals surface area contributed by atoms with E-state index in [-0.39, 0.29) is 0 Å². The third-order valence-corrected chi connectivity index (χ3v) is 2.25. The van der Waals surface area contributed by atoms with E-state index in [1.54, 1.807) is 42.5 Å². The molecule has 86 valence electrons. The van der Waals surface area contributed by atoms with Crippen LogP contribution in [-0.2, 0) is 4.89 Å². The lowest BCUT2D eigenvalue weighted by molar-refractivity contribution is -0.149. The molecule has 0 aromatic heterocycles.